The highest BCUT2D eigenvalue weighted by molar-refractivity contribution is 6.21. The largest absolute Gasteiger partial charge is 0.366 e. The topological polar surface area (TPSA) is 24.9 Å². The van der Waals surface area contributed by atoms with E-state index in [0.717, 1.165) is 24.2 Å². The Labute approximate surface area is 119 Å². The van der Waals surface area contributed by atoms with E-state index in [9.17, 15) is 0 Å². The zero-order valence-corrected chi connectivity index (χ0v) is 12.0. The van der Waals surface area contributed by atoms with E-state index >= 15 is 0 Å². The fourth-order valence-corrected chi connectivity index (χ4v) is 3.13. The van der Waals surface area contributed by atoms with E-state index in [-0.39, 0.29) is 5.38 Å². The molecule has 3 rings (SSSR count). The Morgan fingerprint density at radius 3 is 2.84 bits per heavy atom. The van der Waals surface area contributed by atoms with E-state index < -0.39 is 0 Å². The van der Waals surface area contributed by atoms with Crippen LogP contribution in [0.5, 0.6) is 0 Å². The van der Waals surface area contributed by atoms with Crippen LogP contribution in [-0.2, 0) is 0 Å². The number of nitrogens with zero attached hydrogens (tertiary/aromatic N) is 1. The van der Waals surface area contributed by atoms with Gasteiger partial charge in [-0.2, -0.15) is 0 Å². The van der Waals surface area contributed by atoms with Crippen LogP contribution in [0, 0.1) is 6.92 Å². The minimum absolute atomic E-state index is 0.224. The van der Waals surface area contributed by atoms with Crippen LogP contribution in [0.15, 0.2) is 30.3 Å². The summed E-state index contributed by atoms with van der Waals surface area (Å²) in [5.74, 6) is 0.983. The van der Waals surface area contributed by atoms with Crippen molar-refractivity contribution < 1.29 is 0 Å². The van der Waals surface area contributed by atoms with Gasteiger partial charge < -0.3 is 5.32 Å². The van der Waals surface area contributed by atoms with Gasteiger partial charge >= 0.3 is 0 Å². The van der Waals surface area contributed by atoms with Crippen molar-refractivity contribution in [1.82, 2.24) is 4.98 Å². The molecular formula is C16H19ClN2. The molecule has 1 aromatic heterocycles. The molecule has 2 atom stereocenters. The number of anilines is 1. The van der Waals surface area contributed by atoms with Crippen molar-refractivity contribution in [3.8, 4) is 0 Å². The van der Waals surface area contributed by atoms with Crippen LogP contribution in [0.4, 0.5) is 5.82 Å². The van der Waals surface area contributed by atoms with Gasteiger partial charge in [-0.15, -0.1) is 11.6 Å². The van der Waals surface area contributed by atoms with Gasteiger partial charge in [0.15, 0.2) is 0 Å². The molecule has 100 valence electrons. The van der Waals surface area contributed by atoms with Crippen molar-refractivity contribution in [2.24, 2.45) is 0 Å². The van der Waals surface area contributed by atoms with Crippen molar-refractivity contribution >= 4 is 28.3 Å². The third-order valence-corrected chi connectivity index (χ3v) is 4.44. The van der Waals surface area contributed by atoms with Gasteiger partial charge in [0.2, 0.25) is 0 Å². The molecule has 0 amide bonds. The Bertz CT molecular complexity index is 582. The van der Waals surface area contributed by atoms with Crippen LogP contribution in [0.3, 0.4) is 0 Å². The van der Waals surface area contributed by atoms with Crippen LogP contribution in [0.2, 0.25) is 0 Å². The van der Waals surface area contributed by atoms with E-state index in [4.69, 9.17) is 16.6 Å². The molecule has 2 unspecified atom stereocenters. The van der Waals surface area contributed by atoms with E-state index in [1.807, 2.05) is 12.1 Å². The molecule has 1 aromatic carbocycles. The minimum Gasteiger partial charge on any atom is -0.366 e. The number of pyridine rings is 1. The Kier molecular flexibility index (Phi) is 3.61. The second kappa shape index (κ2) is 5.38. The van der Waals surface area contributed by atoms with Crippen molar-refractivity contribution in [3.05, 3.63) is 35.9 Å². The molecule has 0 aliphatic heterocycles. The minimum atomic E-state index is 0.224. The fraction of sp³-hybridized carbons (Fsp3) is 0.438. The number of aromatic nitrogens is 1. The van der Waals surface area contributed by atoms with Gasteiger partial charge in [-0.05, 0) is 37.5 Å². The first kappa shape index (κ1) is 12.7. The van der Waals surface area contributed by atoms with E-state index in [0.29, 0.717) is 6.04 Å². The summed E-state index contributed by atoms with van der Waals surface area (Å²) in [6.45, 7) is 2.10. The lowest BCUT2D eigenvalue weighted by Gasteiger charge is -2.28. The first-order chi connectivity index (χ1) is 9.24. The second-order valence-corrected chi connectivity index (χ2v) is 5.96. The molecule has 3 heteroatoms. The maximum absolute atomic E-state index is 6.41. The van der Waals surface area contributed by atoms with Gasteiger partial charge in [-0.1, -0.05) is 31.0 Å². The van der Waals surface area contributed by atoms with Gasteiger partial charge in [-0.25, -0.2) is 4.98 Å². The van der Waals surface area contributed by atoms with E-state index in [1.165, 1.54) is 23.8 Å². The number of benzene rings is 1. The number of alkyl halides is 1. The first-order valence-electron chi connectivity index (χ1n) is 7.01. The standard InChI is InChI=1S/C16H19ClN2/c1-11-10-12-6-2-4-8-14(12)18-16(11)19-15-9-5-3-7-13(15)17/h2,4,6,8,10,13,15H,3,5,7,9H2,1H3,(H,18,19). The number of aryl methyl sites for hydroxylation is 1. The molecule has 0 saturated heterocycles. The predicted molar refractivity (Wildman–Crippen MR) is 82.0 cm³/mol. The second-order valence-electron chi connectivity index (χ2n) is 5.40. The molecule has 0 bridgehead atoms. The Balaban J connectivity index is 1.89. The average molecular weight is 275 g/mol. The highest BCUT2D eigenvalue weighted by Gasteiger charge is 2.23. The van der Waals surface area contributed by atoms with Crippen LogP contribution >= 0.6 is 11.6 Å². The third kappa shape index (κ3) is 2.69. The molecule has 0 spiro atoms. The molecule has 1 heterocycles. The summed E-state index contributed by atoms with van der Waals surface area (Å²) in [6, 6.07) is 10.8. The highest BCUT2D eigenvalue weighted by Crippen LogP contribution is 2.27. The molecule has 1 N–H and O–H groups in total. The maximum Gasteiger partial charge on any atom is 0.129 e. The molecule has 1 saturated carbocycles. The molecule has 2 aromatic rings. The van der Waals surface area contributed by atoms with Crippen LogP contribution < -0.4 is 5.32 Å². The average Bonchev–Trinajstić information content (AvgIpc) is 2.42. The zero-order chi connectivity index (χ0) is 13.2. The number of halogens is 1. The molecule has 0 radical (unpaired) electrons. The van der Waals surface area contributed by atoms with Crippen LogP contribution in [0.25, 0.3) is 10.9 Å². The molecule has 1 aliphatic rings. The van der Waals surface area contributed by atoms with Gasteiger partial charge in [0, 0.05) is 11.4 Å². The quantitative estimate of drug-likeness (QED) is 0.816. The summed E-state index contributed by atoms with van der Waals surface area (Å²) < 4.78 is 0. The van der Waals surface area contributed by atoms with E-state index in [2.05, 4.69) is 30.4 Å². The van der Waals surface area contributed by atoms with Gasteiger partial charge in [-0.3, -0.25) is 0 Å². The van der Waals surface area contributed by atoms with Crippen molar-refractivity contribution in [1.29, 1.82) is 0 Å². The molecule has 2 nitrogen and oxygen atoms in total. The lowest BCUT2D eigenvalue weighted by atomic mass is 9.95. The van der Waals surface area contributed by atoms with E-state index in [1.54, 1.807) is 0 Å². The zero-order valence-electron chi connectivity index (χ0n) is 11.2. The number of fused-ring (bicyclic) bond motifs is 1. The molecule has 19 heavy (non-hydrogen) atoms. The molecule has 1 fully saturated rings. The summed E-state index contributed by atoms with van der Waals surface area (Å²) >= 11 is 6.41. The van der Waals surface area contributed by atoms with Crippen molar-refractivity contribution in [2.75, 3.05) is 5.32 Å². The molecular weight excluding hydrogens is 256 g/mol. The summed E-state index contributed by atoms with van der Waals surface area (Å²) in [5.41, 5.74) is 2.23. The highest BCUT2D eigenvalue weighted by atomic mass is 35.5. The molecule has 1 aliphatic carbocycles. The number of para-hydroxylation sites is 1. The Hall–Kier alpha value is -1.28. The normalized spacial score (nSPS) is 23.5. The summed E-state index contributed by atoms with van der Waals surface area (Å²) in [5, 5.41) is 4.96. The lowest BCUT2D eigenvalue weighted by molar-refractivity contribution is 0.468. The Morgan fingerprint density at radius 1 is 1.21 bits per heavy atom. The van der Waals surface area contributed by atoms with Gasteiger partial charge in [0.25, 0.3) is 0 Å². The summed E-state index contributed by atoms with van der Waals surface area (Å²) in [6.07, 6.45) is 4.75. The third-order valence-electron chi connectivity index (χ3n) is 3.92. The van der Waals surface area contributed by atoms with Crippen LogP contribution in [-0.4, -0.2) is 16.4 Å². The predicted octanol–water partition coefficient (Wildman–Crippen LogP) is 4.51. The smallest absolute Gasteiger partial charge is 0.129 e. The van der Waals surface area contributed by atoms with Gasteiger partial charge in [0.1, 0.15) is 5.82 Å². The Morgan fingerprint density at radius 2 is 2.00 bits per heavy atom. The lowest BCUT2D eigenvalue weighted by Crippen LogP contribution is -2.33. The van der Waals surface area contributed by atoms with Gasteiger partial charge in [0.05, 0.1) is 10.9 Å². The summed E-state index contributed by atoms with van der Waals surface area (Å²) in [4.78, 5) is 4.73. The SMILES string of the molecule is Cc1cc2ccccc2nc1NC1CCCCC1Cl. The van der Waals surface area contributed by atoms with Crippen LogP contribution in [0.1, 0.15) is 31.2 Å². The first-order valence-corrected chi connectivity index (χ1v) is 7.45. The number of hydrogen-bond donors (Lipinski definition) is 1. The number of nitrogens with one attached hydrogen (secondary N) is 1. The van der Waals surface area contributed by atoms with Crippen molar-refractivity contribution in [2.45, 2.75) is 44.0 Å². The number of rotatable bonds is 2. The number of hydrogen-bond acceptors (Lipinski definition) is 2. The van der Waals surface area contributed by atoms with Crippen molar-refractivity contribution in [3.63, 3.8) is 0 Å². The summed E-state index contributed by atoms with van der Waals surface area (Å²) in [7, 11) is 0. The maximum atomic E-state index is 6.41. The monoisotopic (exact) mass is 274 g/mol. The fourth-order valence-electron chi connectivity index (χ4n) is 2.79.